The van der Waals surface area contributed by atoms with E-state index in [0.29, 0.717) is 23.7 Å². The summed E-state index contributed by atoms with van der Waals surface area (Å²) in [5.74, 6) is 4.08. The van der Waals surface area contributed by atoms with E-state index in [1.54, 1.807) is 0 Å². The van der Waals surface area contributed by atoms with E-state index in [0.717, 1.165) is 46.7 Å². The van der Waals surface area contributed by atoms with E-state index in [1.165, 1.54) is 55.8 Å². The fourth-order valence-corrected chi connectivity index (χ4v) is 8.31. The molecule has 0 aliphatic heterocycles. The van der Waals surface area contributed by atoms with Crippen LogP contribution in [0.15, 0.2) is 133 Å². The molecular weight excluding hydrogens is 705 g/mol. The zero-order valence-corrected chi connectivity index (χ0v) is 36.2. The summed E-state index contributed by atoms with van der Waals surface area (Å²) in [6, 6.07) is 47.9. The number of aryl methyl sites for hydroxylation is 2. The van der Waals surface area contributed by atoms with Crippen molar-refractivity contribution >= 4 is 22.1 Å². The summed E-state index contributed by atoms with van der Waals surface area (Å²) in [5, 5.41) is 0. The topological polar surface area (TPSA) is 35.6 Å². The molecule has 0 fully saturated rings. The zero-order chi connectivity index (χ0) is 41.1. The molecule has 58 heavy (non-hydrogen) atoms. The first-order valence-electron chi connectivity index (χ1n) is 21.2. The molecule has 0 saturated carbocycles. The fourth-order valence-electron chi connectivity index (χ4n) is 8.31. The third-order valence-corrected chi connectivity index (χ3v) is 10.9. The van der Waals surface area contributed by atoms with Gasteiger partial charge in [0, 0.05) is 11.1 Å². The first kappa shape index (κ1) is 40.5. The molecule has 0 radical (unpaired) electrons. The fraction of sp³-hybridized carbons (Fsp3) is 0.296. The SMILES string of the molecule is Cc1ccc2c(c1)nc(-c1ccccc1)n2-c1c(C(C)C)cccc1C(C)C.Cc1ccc2c(c1)nc(-c1ccccc1)n2-c1c(CC(C)C)cccc1CC(C)C. The van der Waals surface area contributed by atoms with Crippen LogP contribution in [0.2, 0.25) is 0 Å². The highest BCUT2D eigenvalue weighted by Crippen LogP contribution is 2.38. The molecule has 0 unspecified atom stereocenters. The molecule has 0 amide bonds. The molecule has 2 aromatic heterocycles. The minimum absolute atomic E-state index is 0.431. The number of hydrogen-bond donors (Lipinski definition) is 0. The molecule has 8 aromatic rings. The highest BCUT2D eigenvalue weighted by atomic mass is 15.1. The Balaban J connectivity index is 0.000000177. The Morgan fingerprint density at radius 1 is 0.431 bits per heavy atom. The first-order chi connectivity index (χ1) is 27.9. The van der Waals surface area contributed by atoms with Crippen LogP contribution in [-0.4, -0.2) is 19.1 Å². The third-order valence-electron chi connectivity index (χ3n) is 10.9. The van der Waals surface area contributed by atoms with E-state index in [1.807, 2.05) is 0 Å². The highest BCUT2D eigenvalue weighted by molar-refractivity contribution is 5.86. The van der Waals surface area contributed by atoms with Gasteiger partial charge in [-0.2, -0.15) is 0 Å². The number of para-hydroxylation sites is 2. The van der Waals surface area contributed by atoms with Gasteiger partial charge in [-0.1, -0.05) is 165 Å². The average molecular weight is 765 g/mol. The third kappa shape index (κ3) is 8.43. The monoisotopic (exact) mass is 764 g/mol. The molecule has 6 aromatic carbocycles. The normalized spacial score (nSPS) is 11.7. The summed E-state index contributed by atoms with van der Waals surface area (Å²) in [7, 11) is 0. The van der Waals surface area contributed by atoms with Crippen molar-refractivity contribution in [3.8, 4) is 34.2 Å². The number of hydrogen-bond acceptors (Lipinski definition) is 2. The molecule has 0 N–H and O–H groups in total. The van der Waals surface area contributed by atoms with Crippen LogP contribution in [0.5, 0.6) is 0 Å². The summed E-state index contributed by atoms with van der Waals surface area (Å²) < 4.78 is 4.80. The van der Waals surface area contributed by atoms with E-state index >= 15 is 0 Å². The Morgan fingerprint density at radius 3 is 1.22 bits per heavy atom. The van der Waals surface area contributed by atoms with Crippen molar-refractivity contribution in [3.05, 3.63) is 167 Å². The van der Waals surface area contributed by atoms with Crippen LogP contribution >= 0.6 is 0 Å². The molecule has 0 aliphatic rings. The number of benzene rings is 6. The Hall–Kier alpha value is -5.74. The lowest BCUT2D eigenvalue weighted by atomic mass is 9.92. The van der Waals surface area contributed by atoms with Gasteiger partial charge in [0.15, 0.2) is 0 Å². The Morgan fingerprint density at radius 2 is 0.828 bits per heavy atom. The second-order valence-electron chi connectivity index (χ2n) is 17.5. The van der Waals surface area contributed by atoms with Crippen molar-refractivity contribution in [2.45, 2.75) is 93.9 Å². The van der Waals surface area contributed by atoms with Gasteiger partial charge in [0.25, 0.3) is 0 Å². The smallest absolute Gasteiger partial charge is 0.145 e. The predicted octanol–water partition coefficient (Wildman–Crippen LogP) is 14.6. The van der Waals surface area contributed by atoms with Gasteiger partial charge in [0.2, 0.25) is 0 Å². The number of aromatic nitrogens is 4. The highest BCUT2D eigenvalue weighted by Gasteiger charge is 2.23. The number of fused-ring (bicyclic) bond motifs is 2. The second-order valence-corrected chi connectivity index (χ2v) is 17.5. The molecule has 4 heteroatoms. The lowest BCUT2D eigenvalue weighted by molar-refractivity contribution is 0.632. The van der Waals surface area contributed by atoms with Crippen molar-refractivity contribution in [1.29, 1.82) is 0 Å². The second kappa shape index (κ2) is 17.4. The maximum Gasteiger partial charge on any atom is 0.145 e. The van der Waals surface area contributed by atoms with Crippen molar-refractivity contribution in [2.75, 3.05) is 0 Å². The molecule has 0 spiro atoms. The maximum atomic E-state index is 5.12. The Labute approximate surface area is 346 Å². The number of nitrogens with zero attached hydrogens (tertiary/aromatic N) is 4. The maximum absolute atomic E-state index is 5.12. The summed E-state index contributed by atoms with van der Waals surface area (Å²) in [5.41, 5.74) is 17.4. The van der Waals surface area contributed by atoms with Gasteiger partial charge in [0.05, 0.1) is 33.4 Å². The lowest BCUT2D eigenvalue weighted by Gasteiger charge is -2.22. The predicted molar refractivity (Wildman–Crippen MR) is 248 cm³/mol. The van der Waals surface area contributed by atoms with E-state index < -0.39 is 0 Å². The van der Waals surface area contributed by atoms with Crippen LogP contribution in [0, 0.1) is 25.7 Å². The van der Waals surface area contributed by atoms with E-state index in [-0.39, 0.29) is 0 Å². The number of rotatable bonds is 10. The van der Waals surface area contributed by atoms with Crippen molar-refractivity contribution < 1.29 is 0 Å². The summed E-state index contributed by atoms with van der Waals surface area (Å²) >= 11 is 0. The standard InChI is InChI=1S/C28H32N2.C26H28N2/c1-19(2)16-23-12-9-13-24(17-20(3)4)27(23)30-26-15-14-21(5)18-25(26)29-28(30)22-10-7-6-8-11-22;1-17(2)21-12-9-13-22(18(3)4)25(21)28-24-15-14-19(5)16-23(24)27-26(28)20-10-7-6-8-11-20/h6-15,18-20H,16-17H2,1-5H3;6-18H,1-5H3. The van der Waals surface area contributed by atoms with Gasteiger partial charge >= 0.3 is 0 Å². The molecular formula is C54H60N4. The zero-order valence-electron chi connectivity index (χ0n) is 36.2. The van der Waals surface area contributed by atoms with Crippen LogP contribution < -0.4 is 0 Å². The summed E-state index contributed by atoms with van der Waals surface area (Å²) in [4.78, 5) is 10.2. The van der Waals surface area contributed by atoms with Crippen LogP contribution in [0.3, 0.4) is 0 Å². The van der Waals surface area contributed by atoms with Gasteiger partial charge < -0.3 is 0 Å². The molecule has 2 heterocycles. The minimum atomic E-state index is 0.431. The van der Waals surface area contributed by atoms with Gasteiger partial charge in [0.1, 0.15) is 11.6 Å². The average Bonchev–Trinajstić information content (AvgIpc) is 3.76. The minimum Gasteiger partial charge on any atom is -0.292 e. The van der Waals surface area contributed by atoms with Gasteiger partial charge in [-0.25, -0.2) is 9.97 Å². The largest absolute Gasteiger partial charge is 0.292 e. The van der Waals surface area contributed by atoms with Crippen LogP contribution in [0.4, 0.5) is 0 Å². The summed E-state index contributed by atoms with van der Waals surface area (Å²) in [6.45, 7) is 22.5. The van der Waals surface area contributed by atoms with Crippen LogP contribution in [0.25, 0.3) is 56.2 Å². The van der Waals surface area contributed by atoms with E-state index in [4.69, 9.17) is 9.97 Å². The van der Waals surface area contributed by atoms with Gasteiger partial charge in [-0.3, -0.25) is 9.13 Å². The van der Waals surface area contributed by atoms with Crippen LogP contribution in [0.1, 0.15) is 101 Å². The molecule has 8 rings (SSSR count). The van der Waals surface area contributed by atoms with Gasteiger partial charge in [-0.15, -0.1) is 0 Å². The van der Waals surface area contributed by atoms with Crippen molar-refractivity contribution in [3.63, 3.8) is 0 Å². The van der Waals surface area contributed by atoms with Crippen molar-refractivity contribution in [2.24, 2.45) is 11.8 Å². The molecule has 0 aliphatic carbocycles. The lowest BCUT2D eigenvalue weighted by Crippen LogP contribution is -2.10. The van der Waals surface area contributed by atoms with Crippen molar-refractivity contribution in [1.82, 2.24) is 19.1 Å². The molecule has 0 saturated heterocycles. The van der Waals surface area contributed by atoms with Gasteiger partial charge in [-0.05, 0) is 108 Å². The Kier molecular flexibility index (Phi) is 12.1. The Bertz CT molecular complexity index is 2580. The first-order valence-corrected chi connectivity index (χ1v) is 21.2. The van der Waals surface area contributed by atoms with E-state index in [9.17, 15) is 0 Å². The molecule has 296 valence electrons. The quantitative estimate of drug-likeness (QED) is 0.139. The van der Waals surface area contributed by atoms with Crippen LogP contribution in [-0.2, 0) is 12.8 Å². The summed E-state index contributed by atoms with van der Waals surface area (Å²) in [6.07, 6.45) is 2.11. The molecule has 4 nitrogen and oxygen atoms in total. The molecule has 0 bridgehead atoms. The van der Waals surface area contributed by atoms with E-state index in [2.05, 4.69) is 212 Å². The number of imidazole rings is 2. The molecule has 0 atom stereocenters.